The number of hydrogen-bond donors (Lipinski definition) is 1. The van der Waals surface area contributed by atoms with Gasteiger partial charge in [-0.15, -0.1) is 0 Å². The number of nitrogens with zero attached hydrogens (tertiary/aromatic N) is 4. The molecule has 3 aromatic rings. The molecule has 0 bridgehead atoms. The molecular weight excluding hydrogens is 482 g/mol. The summed E-state index contributed by atoms with van der Waals surface area (Å²) in [4.78, 5) is 17.9. The number of benzene rings is 1. The van der Waals surface area contributed by atoms with Gasteiger partial charge in [-0.2, -0.15) is 5.10 Å². The monoisotopic (exact) mass is 519 g/mol. The molecule has 0 atom stereocenters. The van der Waals surface area contributed by atoms with Gasteiger partial charge in [0.2, 0.25) is 0 Å². The van der Waals surface area contributed by atoms with E-state index in [0.717, 1.165) is 41.3 Å². The molecule has 2 heterocycles. The van der Waals surface area contributed by atoms with Gasteiger partial charge in [0, 0.05) is 37.2 Å². The van der Waals surface area contributed by atoms with E-state index in [1.165, 1.54) is 11.1 Å². The molecule has 0 aliphatic rings. The highest BCUT2D eigenvalue weighted by Crippen LogP contribution is 2.26. The van der Waals surface area contributed by atoms with E-state index in [-0.39, 0.29) is 5.91 Å². The van der Waals surface area contributed by atoms with Gasteiger partial charge in [0.1, 0.15) is 5.82 Å². The second kappa shape index (κ2) is 13.8. The molecule has 0 spiro atoms. The van der Waals surface area contributed by atoms with Crippen molar-refractivity contribution in [1.82, 2.24) is 20.1 Å². The Kier molecular flexibility index (Phi) is 10.5. The second-order valence-electron chi connectivity index (χ2n) is 8.72. The lowest BCUT2D eigenvalue weighted by atomic mass is 10.0. The third-order valence-electron chi connectivity index (χ3n) is 6.09. The van der Waals surface area contributed by atoms with Crippen LogP contribution in [-0.2, 0) is 16.1 Å². The SMILES string of the molecule is C/C=C(/C(=O)NCc1ccc(N(CCOC)SC)nc1)c1cnn(-c2ccc(C)cc2)c1/C=C(\C)CC. The van der Waals surface area contributed by atoms with Crippen LogP contribution in [0.25, 0.3) is 17.3 Å². The summed E-state index contributed by atoms with van der Waals surface area (Å²) in [5.74, 6) is 0.713. The van der Waals surface area contributed by atoms with Crippen molar-refractivity contribution in [3.8, 4) is 5.69 Å². The minimum atomic E-state index is -0.148. The van der Waals surface area contributed by atoms with E-state index >= 15 is 0 Å². The number of carbonyl (C=O) groups excluding carboxylic acids is 1. The first-order valence-corrected chi connectivity index (χ1v) is 13.6. The molecule has 0 saturated heterocycles. The van der Waals surface area contributed by atoms with Gasteiger partial charge in [-0.1, -0.05) is 54.3 Å². The number of aryl methyl sites for hydroxylation is 1. The van der Waals surface area contributed by atoms with E-state index in [2.05, 4.69) is 58.7 Å². The van der Waals surface area contributed by atoms with Gasteiger partial charge < -0.3 is 10.1 Å². The molecule has 7 nitrogen and oxygen atoms in total. The van der Waals surface area contributed by atoms with Crippen molar-refractivity contribution in [3.63, 3.8) is 0 Å². The first-order chi connectivity index (χ1) is 17.9. The molecular formula is C29H37N5O2S. The van der Waals surface area contributed by atoms with Crippen molar-refractivity contribution < 1.29 is 9.53 Å². The Morgan fingerprint density at radius 1 is 1.19 bits per heavy atom. The molecule has 1 aromatic carbocycles. The van der Waals surface area contributed by atoms with E-state index in [1.54, 1.807) is 31.5 Å². The Bertz CT molecular complexity index is 1230. The van der Waals surface area contributed by atoms with Crippen LogP contribution in [0.1, 0.15) is 49.6 Å². The number of allylic oxidation sites excluding steroid dienone is 2. The topological polar surface area (TPSA) is 72.3 Å². The van der Waals surface area contributed by atoms with Gasteiger partial charge in [-0.3, -0.25) is 9.10 Å². The molecule has 3 rings (SSSR count). The summed E-state index contributed by atoms with van der Waals surface area (Å²) in [5.41, 5.74) is 6.57. The van der Waals surface area contributed by atoms with E-state index in [0.29, 0.717) is 18.7 Å². The van der Waals surface area contributed by atoms with Gasteiger partial charge in [-0.25, -0.2) is 9.67 Å². The molecule has 1 N–H and O–H groups in total. The fraction of sp³-hybridized carbons (Fsp3) is 0.345. The molecule has 0 aliphatic carbocycles. The summed E-state index contributed by atoms with van der Waals surface area (Å²) in [5, 5.41) is 7.71. The zero-order valence-corrected chi connectivity index (χ0v) is 23.4. The minimum Gasteiger partial charge on any atom is -0.383 e. The molecule has 0 aliphatic heterocycles. The fourth-order valence-electron chi connectivity index (χ4n) is 3.76. The number of ether oxygens (including phenoxy) is 1. The van der Waals surface area contributed by atoms with E-state index in [4.69, 9.17) is 4.74 Å². The quantitative estimate of drug-likeness (QED) is 0.239. The molecule has 0 radical (unpaired) electrons. The molecule has 1 amide bonds. The zero-order valence-electron chi connectivity index (χ0n) is 22.6. The normalized spacial score (nSPS) is 12.1. The summed E-state index contributed by atoms with van der Waals surface area (Å²) in [6.07, 6.45) is 10.5. The van der Waals surface area contributed by atoms with Crippen LogP contribution < -0.4 is 9.62 Å². The predicted octanol–water partition coefficient (Wildman–Crippen LogP) is 5.84. The van der Waals surface area contributed by atoms with Crippen molar-refractivity contribution in [2.45, 2.75) is 40.7 Å². The van der Waals surface area contributed by atoms with Crippen molar-refractivity contribution >= 4 is 35.3 Å². The van der Waals surface area contributed by atoms with Crippen molar-refractivity contribution in [3.05, 3.63) is 82.8 Å². The van der Waals surface area contributed by atoms with Crippen LogP contribution in [-0.4, -0.2) is 47.2 Å². The van der Waals surface area contributed by atoms with Crippen molar-refractivity contribution in [1.29, 1.82) is 0 Å². The Hall–Kier alpha value is -3.36. The smallest absolute Gasteiger partial charge is 0.251 e. The van der Waals surface area contributed by atoms with E-state index in [9.17, 15) is 4.79 Å². The number of aromatic nitrogens is 3. The van der Waals surface area contributed by atoms with Gasteiger partial charge in [0.25, 0.3) is 5.91 Å². The predicted molar refractivity (Wildman–Crippen MR) is 155 cm³/mol. The highest BCUT2D eigenvalue weighted by molar-refractivity contribution is 7.99. The lowest BCUT2D eigenvalue weighted by molar-refractivity contribution is -0.115. The molecule has 2 aromatic heterocycles. The third kappa shape index (κ3) is 7.33. The number of pyridine rings is 1. The van der Waals surface area contributed by atoms with Crippen molar-refractivity contribution in [2.24, 2.45) is 0 Å². The Morgan fingerprint density at radius 3 is 2.54 bits per heavy atom. The molecule has 37 heavy (non-hydrogen) atoms. The van der Waals surface area contributed by atoms with Crippen LogP contribution in [0.4, 0.5) is 5.82 Å². The molecule has 0 unspecified atom stereocenters. The third-order valence-corrected chi connectivity index (χ3v) is 6.90. The van der Waals surface area contributed by atoms with Crippen LogP contribution in [0.2, 0.25) is 0 Å². The van der Waals surface area contributed by atoms with Crippen LogP contribution in [0, 0.1) is 6.92 Å². The Balaban J connectivity index is 1.80. The Morgan fingerprint density at radius 2 is 1.95 bits per heavy atom. The zero-order chi connectivity index (χ0) is 26.8. The average Bonchev–Trinajstić information content (AvgIpc) is 3.32. The van der Waals surface area contributed by atoms with Gasteiger partial charge in [0.05, 0.1) is 30.7 Å². The second-order valence-corrected chi connectivity index (χ2v) is 9.53. The average molecular weight is 520 g/mol. The molecule has 0 saturated carbocycles. The van der Waals surface area contributed by atoms with Crippen LogP contribution in [0.15, 0.2) is 60.4 Å². The van der Waals surface area contributed by atoms with Gasteiger partial charge >= 0.3 is 0 Å². The number of anilines is 1. The van der Waals surface area contributed by atoms with E-state index < -0.39 is 0 Å². The number of nitrogens with one attached hydrogen (secondary N) is 1. The highest BCUT2D eigenvalue weighted by Gasteiger charge is 2.19. The van der Waals surface area contributed by atoms with Crippen molar-refractivity contribution in [2.75, 3.05) is 30.8 Å². The van der Waals surface area contributed by atoms with Gasteiger partial charge in [-0.05, 0) is 57.0 Å². The summed E-state index contributed by atoms with van der Waals surface area (Å²) in [7, 11) is 1.69. The first-order valence-electron chi connectivity index (χ1n) is 12.4. The number of carbonyl (C=O) groups is 1. The summed E-state index contributed by atoms with van der Waals surface area (Å²) < 4.78 is 9.15. The maximum Gasteiger partial charge on any atom is 0.251 e. The molecule has 8 heteroatoms. The summed E-state index contributed by atoms with van der Waals surface area (Å²) in [6, 6.07) is 12.2. The molecule has 196 valence electrons. The van der Waals surface area contributed by atoms with Crippen LogP contribution in [0.3, 0.4) is 0 Å². The number of hydrogen-bond acceptors (Lipinski definition) is 6. The first kappa shape index (κ1) is 28.2. The van der Waals surface area contributed by atoms with Crippen LogP contribution >= 0.6 is 11.9 Å². The minimum absolute atomic E-state index is 0.148. The fourth-order valence-corrected chi connectivity index (χ4v) is 4.31. The lowest BCUT2D eigenvalue weighted by Gasteiger charge is -2.20. The maximum atomic E-state index is 13.3. The highest BCUT2D eigenvalue weighted by atomic mass is 32.2. The Labute approximate surface area is 224 Å². The number of rotatable bonds is 12. The summed E-state index contributed by atoms with van der Waals surface area (Å²) >= 11 is 1.60. The standard InChI is InChI=1S/C29H37N5O2S/c1-7-21(3)17-27-26(20-32-34(27)24-12-9-22(4)10-13-24)25(8-2)29(35)31-19-23-11-14-28(30-18-23)33(37-6)15-16-36-5/h8-14,17-18,20H,7,15-16,19H2,1-6H3,(H,31,35)/b21-17+,25-8+. The lowest BCUT2D eigenvalue weighted by Crippen LogP contribution is -2.24. The maximum absolute atomic E-state index is 13.3. The van der Waals surface area contributed by atoms with Crippen LogP contribution in [0.5, 0.6) is 0 Å². The largest absolute Gasteiger partial charge is 0.383 e. The van der Waals surface area contributed by atoms with E-state index in [1.807, 2.05) is 48.2 Å². The number of methoxy groups -OCH3 is 1. The number of amides is 1. The van der Waals surface area contributed by atoms with Gasteiger partial charge in [0.15, 0.2) is 0 Å². The molecule has 0 fully saturated rings. The summed E-state index contributed by atoms with van der Waals surface area (Å²) in [6.45, 7) is 9.91.